The highest BCUT2D eigenvalue weighted by Gasteiger charge is 2.08. The molecule has 2 aromatic heterocycles. The predicted molar refractivity (Wildman–Crippen MR) is 53.6 cm³/mol. The van der Waals surface area contributed by atoms with E-state index in [0.29, 0.717) is 5.82 Å². The molecule has 0 radical (unpaired) electrons. The molecule has 0 aliphatic heterocycles. The molecule has 7 heteroatoms. The van der Waals surface area contributed by atoms with Gasteiger partial charge in [0.05, 0.1) is 6.20 Å². The minimum absolute atomic E-state index is 0.189. The van der Waals surface area contributed by atoms with Gasteiger partial charge in [-0.1, -0.05) is 11.6 Å². The Kier molecular flexibility index (Phi) is 2.59. The quantitative estimate of drug-likeness (QED) is 0.799. The molecule has 76 valence electrons. The zero-order valence-electron chi connectivity index (χ0n) is 7.44. The number of aromatic nitrogens is 4. The average molecular weight is 224 g/mol. The molecule has 0 aliphatic rings. The zero-order chi connectivity index (χ0) is 10.7. The Morgan fingerprint density at radius 1 is 1.33 bits per heavy atom. The number of carbonyl (C=O) groups is 1. The Labute approximate surface area is 89.7 Å². The Morgan fingerprint density at radius 3 is 2.80 bits per heavy atom. The third-order valence-electron chi connectivity index (χ3n) is 1.61. The molecule has 6 nitrogen and oxygen atoms in total. The van der Waals surface area contributed by atoms with Crippen molar-refractivity contribution in [2.45, 2.75) is 0 Å². The van der Waals surface area contributed by atoms with Gasteiger partial charge in [0.2, 0.25) is 0 Å². The van der Waals surface area contributed by atoms with E-state index in [9.17, 15) is 4.79 Å². The first-order valence-electron chi connectivity index (χ1n) is 4.05. The second kappa shape index (κ2) is 4.05. The summed E-state index contributed by atoms with van der Waals surface area (Å²) >= 11 is 5.54. The molecule has 0 bridgehead atoms. The highest BCUT2D eigenvalue weighted by molar-refractivity contribution is 6.29. The van der Waals surface area contributed by atoms with Gasteiger partial charge in [-0.2, -0.15) is 5.10 Å². The molecule has 0 saturated heterocycles. The summed E-state index contributed by atoms with van der Waals surface area (Å²) in [6.45, 7) is 0. The van der Waals surface area contributed by atoms with Crippen molar-refractivity contribution in [2.24, 2.45) is 0 Å². The van der Waals surface area contributed by atoms with Gasteiger partial charge in [-0.25, -0.2) is 0 Å². The summed E-state index contributed by atoms with van der Waals surface area (Å²) in [7, 11) is 0. The number of hydrogen-bond acceptors (Lipinski definition) is 4. The van der Waals surface area contributed by atoms with Crippen LogP contribution in [-0.4, -0.2) is 26.3 Å². The first kappa shape index (κ1) is 9.60. The summed E-state index contributed by atoms with van der Waals surface area (Å²) in [6, 6.07) is 4.61. The molecule has 1 amide bonds. The van der Waals surface area contributed by atoms with E-state index in [2.05, 4.69) is 25.7 Å². The standard InChI is InChI=1S/C8H6ClN5O/c9-6-2-1-5(12-13-6)8(15)11-7-3-4-10-14-7/h1-4H,(H2,10,11,14,15). The van der Waals surface area contributed by atoms with Crippen molar-refractivity contribution in [1.29, 1.82) is 0 Å². The number of H-pyrrole nitrogens is 1. The van der Waals surface area contributed by atoms with Crippen LogP contribution in [0.2, 0.25) is 5.15 Å². The van der Waals surface area contributed by atoms with Gasteiger partial charge in [0.25, 0.3) is 5.91 Å². The van der Waals surface area contributed by atoms with Crippen molar-refractivity contribution in [3.8, 4) is 0 Å². The SMILES string of the molecule is O=C(Nc1ccn[nH]1)c1ccc(Cl)nn1. The average Bonchev–Trinajstić information content (AvgIpc) is 2.71. The molecular weight excluding hydrogens is 218 g/mol. The molecule has 0 atom stereocenters. The number of rotatable bonds is 2. The number of nitrogens with one attached hydrogen (secondary N) is 2. The van der Waals surface area contributed by atoms with Gasteiger partial charge < -0.3 is 5.32 Å². The molecule has 2 aromatic rings. The number of nitrogens with zero attached hydrogens (tertiary/aromatic N) is 3. The molecular formula is C8H6ClN5O. The Hall–Kier alpha value is -1.95. The smallest absolute Gasteiger partial charge is 0.277 e. The number of carbonyl (C=O) groups excluding carboxylic acids is 1. The second-order valence-electron chi connectivity index (χ2n) is 2.67. The number of amides is 1. The largest absolute Gasteiger partial charge is 0.306 e. The van der Waals surface area contributed by atoms with Crippen LogP contribution in [0.5, 0.6) is 0 Å². The van der Waals surface area contributed by atoms with Gasteiger partial charge in [-0.05, 0) is 12.1 Å². The van der Waals surface area contributed by atoms with E-state index in [-0.39, 0.29) is 16.8 Å². The van der Waals surface area contributed by atoms with E-state index in [1.807, 2.05) is 0 Å². The highest BCUT2D eigenvalue weighted by Crippen LogP contribution is 2.05. The third kappa shape index (κ3) is 2.29. The molecule has 2 heterocycles. The van der Waals surface area contributed by atoms with E-state index < -0.39 is 0 Å². The van der Waals surface area contributed by atoms with Gasteiger partial charge in [0.1, 0.15) is 5.82 Å². The normalized spacial score (nSPS) is 9.93. The van der Waals surface area contributed by atoms with Gasteiger partial charge in [-0.15, -0.1) is 10.2 Å². The Morgan fingerprint density at radius 2 is 2.20 bits per heavy atom. The number of hydrogen-bond donors (Lipinski definition) is 2. The first-order chi connectivity index (χ1) is 7.25. The maximum absolute atomic E-state index is 11.5. The molecule has 0 saturated carbocycles. The molecule has 0 unspecified atom stereocenters. The van der Waals surface area contributed by atoms with Crippen LogP contribution in [0, 0.1) is 0 Å². The van der Waals surface area contributed by atoms with Crippen molar-refractivity contribution < 1.29 is 4.79 Å². The van der Waals surface area contributed by atoms with Crippen molar-refractivity contribution in [3.05, 3.63) is 35.2 Å². The fourth-order valence-electron chi connectivity index (χ4n) is 0.949. The van der Waals surface area contributed by atoms with E-state index in [1.54, 1.807) is 6.07 Å². The summed E-state index contributed by atoms with van der Waals surface area (Å²) < 4.78 is 0. The summed E-state index contributed by atoms with van der Waals surface area (Å²) in [5.74, 6) is 0.125. The van der Waals surface area contributed by atoms with Crippen LogP contribution < -0.4 is 5.32 Å². The lowest BCUT2D eigenvalue weighted by molar-refractivity contribution is 0.102. The van der Waals surface area contributed by atoms with E-state index >= 15 is 0 Å². The minimum Gasteiger partial charge on any atom is -0.306 e. The molecule has 15 heavy (non-hydrogen) atoms. The maximum atomic E-state index is 11.5. The molecule has 0 fully saturated rings. The van der Waals surface area contributed by atoms with E-state index in [4.69, 9.17) is 11.6 Å². The summed E-state index contributed by atoms with van der Waals surface area (Å²) in [4.78, 5) is 11.5. The number of aromatic amines is 1. The molecule has 0 aliphatic carbocycles. The van der Waals surface area contributed by atoms with Gasteiger partial charge in [0, 0.05) is 6.07 Å². The lowest BCUT2D eigenvalue weighted by Gasteiger charge is -1.99. The van der Waals surface area contributed by atoms with Crippen LogP contribution in [0.25, 0.3) is 0 Å². The summed E-state index contributed by atoms with van der Waals surface area (Å²) in [6.07, 6.45) is 1.53. The Bertz CT molecular complexity index is 452. The molecule has 2 N–H and O–H groups in total. The van der Waals surface area contributed by atoms with Crippen LogP contribution in [0.1, 0.15) is 10.5 Å². The predicted octanol–water partition coefficient (Wildman–Crippen LogP) is 1.11. The Balaban J connectivity index is 2.11. The van der Waals surface area contributed by atoms with Crippen LogP contribution >= 0.6 is 11.6 Å². The van der Waals surface area contributed by atoms with Crippen molar-refractivity contribution >= 4 is 23.3 Å². The summed E-state index contributed by atoms with van der Waals surface area (Å²) in [5.41, 5.74) is 0.189. The number of anilines is 1. The van der Waals surface area contributed by atoms with Gasteiger partial charge in [0.15, 0.2) is 10.8 Å². The van der Waals surface area contributed by atoms with Gasteiger partial charge in [-0.3, -0.25) is 9.89 Å². The van der Waals surface area contributed by atoms with Crippen molar-refractivity contribution in [3.63, 3.8) is 0 Å². The fraction of sp³-hybridized carbons (Fsp3) is 0. The van der Waals surface area contributed by atoms with Crippen LogP contribution in [0.4, 0.5) is 5.82 Å². The van der Waals surface area contributed by atoms with Crippen molar-refractivity contribution in [2.75, 3.05) is 5.32 Å². The first-order valence-corrected chi connectivity index (χ1v) is 4.43. The molecule has 0 aromatic carbocycles. The van der Waals surface area contributed by atoms with E-state index in [1.165, 1.54) is 18.3 Å². The highest BCUT2D eigenvalue weighted by atomic mass is 35.5. The summed E-state index contributed by atoms with van der Waals surface area (Å²) in [5, 5.41) is 16.3. The third-order valence-corrected chi connectivity index (χ3v) is 1.82. The molecule has 0 spiro atoms. The fourth-order valence-corrected chi connectivity index (χ4v) is 1.05. The second-order valence-corrected chi connectivity index (χ2v) is 3.05. The molecule has 2 rings (SSSR count). The van der Waals surface area contributed by atoms with Crippen LogP contribution in [-0.2, 0) is 0 Å². The topological polar surface area (TPSA) is 83.6 Å². The maximum Gasteiger partial charge on any atom is 0.277 e. The van der Waals surface area contributed by atoms with Crippen LogP contribution in [0.15, 0.2) is 24.4 Å². The van der Waals surface area contributed by atoms with Crippen molar-refractivity contribution in [1.82, 2.24) is 20.4 Å². The lowest BCUT2D eigenvalue weighted by Crippen LogP contribution is -2.14. The van der Waals surface area contributed by atoms with Gasteiger partial charge >= 0.3 is 0 Å². The van der Waals surface area contributed by atoms with Crippen LogP contribution in [0.3, 0.4) is 0 Å². The van der Waals surface area contributed by atoms with E-state index in [0.717, 1.165) is 0 Å². The monoisotopic (exact) mass is 223 g/mol. The lowest BCUT2D eigenvalue weighted by atomic mass is 10.3. The minimum atomic E-state index is -0.372. The zero-order valence-corrected chi connectivity index (χ0v) is 8.19. The number of halogens is 1.